The van der Waals surface area contributed by atoms with E-state index >= 15 is 0 Å². The van der Waals surface area contributed by atoms with Gasteiger partial charge in [0, 0.05) is 16.7 Å². The third-order valence-corrected chi connectivity index (χ3v) is 3.02. The zero-order valence-electron chi connectivity index (χ0n) is 7.60. The van der Waals surface area contributed by atoms with E-state index in [1.807, 2.05) is 0 Å². The summed E-state index contributed by atoms with van der Waals surface area (Å²) in [4.78, 5) is 10.4. The van der Waals surface area contributed by atoms with Gasteiger partial charge in [-0.2, -0.15) is 0 Å². The van der Waals surface area contributed by atoms with E-state index in [2.05, 4.69) is 0 Å². The fourth-order valence-electron chi connectivity index (χ4n) is 1.01. The third-order valence-electron chi connectivity index (χ3n) is 1.72. The predicted octanol–water partition coefficient (Wildman–Crippen LogP) is 1.30. The second-order valence-corrected chi connectivity index (χ2v) is 4.35. The Hall–Kier alpha value is -1.43. The minimum Gasteiger partial charge on any atom is -0.393 e. The van der Waals surface area contributed by atoms with Crippen molar-refractivity contribution in [2.24, 2.45) is 0 Å². The van der Waals surface area contributed by atoms with Crippen molar-refractivity contribution < 1.29 is 9.13 Å². The molecule has 0 saturated heterocycles. The minimum atomic E-state index is -1.12. The summed E-state index contributed by atoms with van der Waals surface area (Å²) in [5.41, 5.74) is 5.34. The molecule has 0 saturated carbocycles. The smallest absolute Gasteiger partial charge is 0.292 e. The van der Waals surface area contributed by atoms with Crippen LogP contribution in [-0.4, -0.2) is 14.9 Å². The van der Waals surface area contributed by atoms with Crippen molar-refractivity contribution in [3.8, 4) is 0 Å². The van der Waals surface area contributed by atoms with Crippen molar-refractivity contribution in [3.63, 3.8) is 0 Å². The van der Waals surface area contributed by atoms with E-state index in [1.54, 1.807) is 6.92 Å². The van der Waals surface area contributed by atoms with Gasteiger partial charge in [0.15, 0.2) is 0 Å². The second kappa shape index (κ2) is 4.19. The third kappa shape index (κ3) is 2.08. The highest BCUT2D eigenvalue weighted by molar-refractivity contribution is 7.85. The van der Waals surface area contributed by atoms with E-state index in [4.69, 9.17) is 5.73 Å². The van der Waals surface area contributed by atoms with Crippen molar-refractivity contribution >= 4 is 22.2 Å². The van der Waals surface area contributed by atoms with Gasteiger partial charge in [0.05, 0.1) is 15.7 Å². The molecule has 0 amide bonds. The molecule has 0 aromatic heterocycles. The maximum Gasteiger partial charge on any atom is 0.292 e. The molecule has 0 radical (unpaired) electrons. The highest BCUT2D eigenvalue weighted by Crippen LogP contribution is 2.23. The molecular formula is C8H10N2O3S. The van der Waals surface area contributed by atoms with Crippen LogP contribution in [0.5, 0.6) is 0 Å². The molecule has 1 unspecified atom stereocenters. The Labute approximate surface area is 83.5 Å². The number of benzene rings is 1. The summed E-state index contributed by atoms with van der Waals surface area (Å²) in [5, 5.41) is 10.4. The van der Waals surface area contributed by atoms with E-state index in [0.717, 1.165) is 0 Å². The summed E-state index contributed by atoms with van der Waals surface area (Å²) in [7, 11) is -1.12. The Balaban J connectivity index is 3.12. The number of hydrogen-bond donors (Lipinski definition) is 1. The van der Waals surface area contributed by atoms with Gasteiger partial charge in [-0.1, -0.05) is 6.92 Å². The molecule has 1 aromatic carbocycles. The van der Waals surface area contributed by atoms with E-state index in [1.165, 1.54) is 18.2 Å². The van der Waals surface area contributed by atoms with Gasteiger partial charge in [-0.25, -0.2) is 0 Å². The molecule has 0 bridgehead atoms. The van der Waals surface area contributed by atoms with E-state index < -0.39 is 15.7 Å². The van der Waals surface area contributed by atoms with Crippen LogP contribution < -0.4 is 5.73 Å². The van der Waals surface area contributed by atoms with Crippen LogP contribution in [0.2, 0.25) is 0 Å². The fourth-order valence-corrected chi connectivity index (χ4v) is 1.82. The number of nitrogens with two attached hydrogens (primary N) is 1. The summed E-state index contributed by atoms with van der Waals surface area (Å²) in [6.07, 6.45) is 0. The summed E-state index contributed by atoms with van der Waals surface area (Å²) < 4.78 is 11.3. The van der Waals surface area contributed by atoms with Crippen LogP contribution in [-0.2, 0) is 10.8 Å². The molecule has 0 fully saturated rings. The Morgan fingerprint density at radius 3 is 2.64 bits per heavy atom. The molecular weight excluding hydrogens is 204 g/mol. The zero-order chi connectivity index (χ0) is 10.7. The number of nitro groups is 1. The highest BCUT2D eigenvalue weighted by atomic mass is 32.2. The van der Waals surface area contributed by atoms with E-state index in [-0.39, 0.29) is 11.4 Å². The molecule has 14 heavy (non-hydrogen) atoms. The molecule has 6 heteroatoms. The first kappa shape index (κ1) is 10.6. The van der Waals surface area contributed by atoms with Crippen LogP contribution in [0.4, 0.5) is 11.4 Å². The number of nitrogens with zero attached hydrogens (tertiary/aromatic N) is 1. The molecule has 0 spiro atoms. The first-order valence-electron chi connectivity index (χ1n) is 3.98. The van der Waals surface area contributed by atoms with Crippen molar-refractivity contribution in [1.29, 1.82) is 0 Å². The van der Waals surface area contributed by atoms with Gasteiger partial charge < -0.3 is 5.73 Å². The van der Waals surface area contributed by atoms with Crippen LogP contribution in [0.25, 0.3) is 0 Å². The lowest BCUT2D eigenvalue weighted by Crippen LogP contribution is -1.99. The van der Waals surface area contributed by atoms with Crippen LogP contribution in [0.1, 0.15) is 6.92 Å². The molecule has 0 aliphatic carbocycles. The van der Waals surface area contributed by atoms with Crippen LogP contribution in [0.15, 0.2) is 23.1 Å². The van der Waals surface area contributed by atoms with Crippen molar-refractivity contribution in [2.75, 3.05) is 11.5 Å². The van der Waals surface area contributed by atoms with E-state index in [9.17, 15) is 14.3 Å². The lowest BCUT2D eigenvalue weighted by Gasteiger charge is -2.01. The maximum atomic E-state index is 11.3. The number of nitro benzene ring substituents is 1. The van der Waals surface area contributed by atoms with Crippen LogP contribution >= 0.6 is 0 Å². The number of nitrogen functional groups attached to an aromatic ring is 1. The quantitative estimate of drug-likeness (QED) is 0.467. The lowest BCUT2D eigenvalue weighted by molar-refractivity contribution is -0.383. The van der Waals surface area contributed by atoms with Crippen LogP contribution in [0, 0.1) is 10.1 Å². The number of rotatable bonds is 3. The predicted molar refractivity (Wildman–Crippen MR) is 54.5 cm³/mol. The molecule has 0 aliphatic heterocycles. The van der Waals surface area contributed by atoms with Gasteiger partial charge >= 0.3 is 0 Å². The van der Waals surface area contributed by atoms with E-state index in [0.29, 0.717) is 10.6 Å². The van der Waals surface area contributed by atoms with Gasteiger partial charge in [-0.3, -0.25) is 14.3 Å². The maximum absolute atomic E-state index is 11.3. The van der Waals surface area contributed by atoms with Gasteiger partial charge in [0.2, 0.25) is 0 Å². The molecule has 1 rings (SSSR count). The van der Waals surface area contributed by atoms with Gasteiger partial charge in [0.25, 0.3) is 5.69 Å². The Bertz CT molecular complexity index is 392. The summed E-state index contributed by atoms with van der Waals surface area (Å²) in [5.74, 6) is 0.469. The largest absolute Gasteiger partial charge is 0.393 e. The highest BCUT2D eigenvalue weighted by Gasteiger charge is 2.12. The topological polar surface area (TPSA) is 86.2 Å². The van der Waals surface area contributed by atoms with Gasteiger partial charge in [0.1, 0.15) is 5.69 Å². The molecule has 5 nitrogen and oxygen atoms in total. The SMILES string of the molecule is CCS(=O)c1ccc([N+](=O)[O-])c(N)c1. The zero-order valence-corrected chi connectivity index (χ0v) is 8.41. The first-order valence-corrected chi connectivity index (χ1v) is 5.30. The average molecular weight is 214 g/mol. The van der Waals surface area contributed by atoms with Crippen LogP contribution in [0.3, 0.4) is 0 Å². The van der Waals surface area contributed by atoms with Gasteiger partial charge in [-0.15, -0.1) is 0 Å². The standard InChI is InChI=1S/C8H10N2O3S/c1-2-14(13)6-3-4-8(10(11)12)7(9)5-6/h3-5H,2,9H2,1H3. The summed E-state index contributed by atoms with van der Waals surface area (Å²) in [6.45, 7) is 1.77. The molecule has 0 aliphatic rings. The van der Waals surface area contributed by atoms with Crippen molar-refractivity contribution in [2.45, 2.75) is 11.8 Å². The Morgan fingerprint density at radius 1 is 1.57 bits per heavy atom. The Kier molecular flexibility index (Phi) is 3.19. The molecule has 1 aromatic rings. The number of anilines is 1. The minimum absolute atomic E-state index is 0.0503. The molecule has 2 N–H and O–H groups in total. The Morgan fingerprint density at radius 2 is 2.21 bits per heavy atom. The fraction of sp³-hybridized carbons (Fsp3) is 0.250. The van der Waals surface area contributed by atoms with Gasteiger partial charge in [-0.05, 0) is 12.1 Å². The molecule has 1 atom stereocenters. The van der Waals surface area contributed by atoms with Crippen molar-refractivity contribution in [1.82, 2.24) is 0 Å². The average Bonchev–Trinajstić information content (AvgIpc) is 2.15. The summed E-state index contributed by atoms with van der Waals surface area (Å²) in [6, 6.07) is 4.13. The molecule has 76 valence electrons. The first-order chi connectivity index (χ1) is 6.56. The second-order valence-electron chi connectivity index (χ2n) is 2.61. The summed E-state index contributed by atoms with van der Waals surface area (Å²) >= 11 is 0. The monoisotopic (exact) mass is 214 g/mol. The lowest BCUT2D eigenvalue weighted by atomic mass is 10.3. The van der Waals surface area contributed by atoms with Crippen molar-refractivity contribution in [3.05, 3.63) is 28.3 Å². The normalized spacial score (nSPS) is 12.4. The number of hydrogen-bond acceptors (Lipinski definition) is 4. The molecule has 0 heterocycles.